The van der Waals surface area contributed by atoms with Crippen LogP contribution in [0.5, 0.6) is 0 Å². The van der Waals surface area contributed by atoms with Gasteiger partial charge in [0.05, 0.1) is 0 Å². The number of rotatable bonds is 3. The van der Waals surface area contributed by atoms with Gasteiger partial charge in [0.15, 0.2) is 0 Å². The average molecular weight is 246 g/mol. The second kappa shape index (κ2) is 5.92. The molecule has 0 radical (unpaired) electrons. The molecule has 0 saturated carbocycles. The SMILES string of the molecule is CSc1ccc(/C=C\C2=NCCCN2C)cc1. The van der Waals surface area contributed by atoms with E-state index in [0.717, 1.165) is 25.3 Å². The Hall–Kier alpha value is -1.22. The van der Waals surface area contributed by atoms with Crippen molar-refractivity contribution in [2.45, 2.75) is 11.3 Å². The van der Waals surface area contributed by atoms with Crippen molar-refractivity contribution in [1.82, 2.24) is 4.90 Å². The highest BCUT2D eigenvalue weighted by Gasteiger charge is 2.06. The van der Waals surface area contributed by atoms with E-state index in [0.29, 0.717) is 0 Å². The van der Waals surface area contributed by atoms with Crippen LogP contribution in [-0.4, -0.2) is 37.1 Å². The van der Waals surface area contributed by atoms with Gasteiger partial charge in [0, 0.05) is 25.0 Å². The molecule has 0 aliphatic carbocycles. The lowest BCUT2D eigenvalue weighted by molar-refractivity contribution is 0.470. The lowest BCUT2D eigenvalue weighted by Gasteiger charge is -2.22. The van der Waals surface area contributed by atoms with Crippen molar-refractivity contribution in [3.8, 4) is 0 Å². The molecule has 0 fully saturated rings. The number of aliphatic imine (C=N–C) groups is 1. The first-order valence-corrected chi connectivity index (χ1v) is 7.10. The Morgan fingerprint density at radius 1 is 1.24 bits per heavy atom. The van der Waals surface area contributed by atoms with Crippen LogP contribution >= 0.6 is 11.8 Å². The Morgan fingerprint density at radius 3 is 2.65 bits per heavy atom. The third kappa shape index (κ3) is 3.37. The largest absolute Gasteiger partial charge is 0.360 e. The van der Waals surface area contributed by atoms with Gasteiger partial charge >= 0.3 is 0 Å². The van der Waals surface area contributed by atoms with Crippen LogP contribution in [0.25, 0.3) is 6.08 Å². The van der Waals surface area contributed by atoms with E-state index in [1.54, 1.807) is 11.8 Å². The first kappa shape index (κ1) is 12.2. The highest BCUT2D eigenvalue weighted by molar-refractivity contribution is 7.98. The summed E-state index contributed by atoms with van der Waals surface area (Å²) in [6.07, 6.45) is 7.49. The molecule has 0 amide bonds. The zero-order valence-corrected chi connectivity index (χ0v) is 11.2. The minimum absolute atomic E-state index is 0.954. The fourth-order valence-corrected chi connectivity index (χ4v) is 2.21. The van der Waals surface area contributed by atoms with Gasteiger partial charge in [-0.25, -0.2) is 0 Å². The molecule has 90 valence electrons. The minimum Gasteiger partial charge on any atom is -0.360 e. The molecule has 1 aromatic carbocycles. The normalized spacial score (nSPS) is 16.4. The van der Waals surface area contributed by atoms with Crippen LogP contribution in [0.15, 0.2) is 40.2 Å². The van der Waals surface area contributed by atoms with Gasteiger partial charge in [0.2, 0.25) is 0 Å². The number of hydrogen-bond donors (Lipinski definition) is 0. The second-order valence-corrected chi connectivity index (χ2v) is 5.00. The van der Waals surface area contributed by atoms with E-state index in [1.165, 1.54) is 10.5 Å². The van der Waals surface area contributed by atoms with Gasteiger partial charge in [-0.15, -0.1) is 11.8 Å². The Bertz CT molecular complexity index is 420. The summed E-state index contributed by atoms with van der Waals surface area (Å²) in [5, 5.41) is 0. The molecule has 0 aromatic heterocycles. The molecule has 0 atom stereocenters. The second-order valence-electron chi connectivity index (χ2n) is 4.12. The van der Waals surface area contributed by atoms with Gasteiger partial charge in [-0.1, -0.05) is 18.2 Å². The first-order valence-electron chi connectivity index (χ1n) is 5.87. The number of likely N-dealkylation sites (N-methyl/N-ethyl adjacent to an activating group) is 1. The number of hydrogen-bond acceptors (Lipinski definition) is 3. The van der Waals surface area contributed by atoms with E-state index < -0.39 is 0 Å². The smallest absolute Gasteiger partial charge is 0.123 e. The van der Waals surface area contributed by atoms with Crippen molar-refractivity contribution in [2.75, 3.05) is 26.4 Å². The number of nitrogens with zero attached hydrogens (tertiary/aromatic N) is 2. The van der Waals surface area contributed by atoms with Crippen molar-refractivity contribution in [3.05, 3.63) is 35.9 Å². The highest BCUT2D eigenvalue weighted by atomic mass is 32.2. The maximum atomic E-state index is 4.51. The lowest BCUT2D eigenvalue weighted by Crippen LogP contribution is -2.30. The first-order chi connectivity index (χ1) is 8.29. The van der Waals surface area contributed by atoms with Gasteiger partial charge in [-0.2, -0.15) is 0 Å². The Morgan fingerprint density at radius 2 is 2.00 bits per heavy atom. The van der Waals surface area contributed by atoms with Crippen molar-refractivity contribution < 1.29 is 0 Å². The van der Waals surface area contributed by atoms with Crippen molar-refractivity contribution in [3.63, 3.8) is 0 Å². The molecule has 2 rings (SSSR count). The Labute approximate surface area is 107 Å². The summed E-state index contributed by atoms with van der Waals surface area (Å²) in [4.78, 5) is 8.02. The molecule has 0 spiro atoms. The molecule has 1 aliphatic heterocycles. The van der Waals surface area contributed by atoms with Gasteiger partial charge in [0.1, 0.15) is 5.84 Å². The van der Waals surface area contributed by atoms with Crippen LogP contribution in [0.1, 0.15) is 12.0 Å². The lowest BCUT2D eigenvalue weighted by atomic mass is 10.2. The Kier molecular flexibility index (Phi) is 4.26. The van der Waals surface area contributed by atoms with Gasteiger partial charge in [-0.05, 0) is 36.4 Å². The zero-order valence-electron chi connectivity index (χ0n) is 10.4. The highest BCUT2D eigenvalue weighted by Crippen LogP contribution is 2.15. The van der Waals surface area contributed by atoms with Crippen LogP contribution < -0.4 is 0 Å². The van der Waals surface area contributed by atoms with E-state index in [9.17, 15) is 0 Å². The van der Waals surface area contributed by atoms with Gasteiger partial charge in [0.25, 0.3) is 0 Å². The monoisotopic (exact) mass is 246 g/mol. The summed E-state index contributed by atoms with van der Waals surface area (Å²) in [6.45, 7) is 2.06. The molecule has 1 heterocycles. The van der Waals surface area contributed by atoms with E-state index in [4.69, 9.17) is 0 Å². The van der Waals surface area contributed by atoms with Crippen molar-refractivity contribution >= 4 is 23.7 Å². The molecule has 17 heavy (non-hydrogen) atoms. The summed E-state index contributed by atoms with van der Waals surface area (Å²) >= 11 is 1.77. The molecule has 2 nitrogen and oxygen atoms in total. The quantitative estimate of drug-likeness (QED) is 0.761. The maximum absolute atomic E-state index is 4.51. The van der Waals surface area contributed by atoms with Crippen molar-refractivity contribution in [1.29, 1.82) is 0 Å². The van der Waals surface area contributed by atoms with Crippen LogP contribution in [0.2, 0.25) is 0 Å². The summed E-state index contributed by atoms with van der Waals surface area (Å²) in [5.74, 6) is 1.09. The summed E-state index contributed by atoms with van der Waals surface area (Å²) in [7, 11) is 2.10. The molecule has 0 N–H and O–H groups in total. The molecule has 0 saturated heterocycles. The number of amidine groups is 1. The molecule has 0 bridgehead atoms. The fourth-order valence-electron chi connectivity index (χ4n) is 1.80. The third-order valence-electron chi connectivity index (χ3n) is 2.86. The van der Waals surface area contributed by atoms with Crippen LogP contribution in [0, 0.1) is 0 Å². The van der Waals surface area contributed by atoms with E-state index in [1.807, 2.05) is 0 Å². The molecule has 3 heteroatoms. The molecule has 0 unspecified atom stereocenters. The molecule has 1 aromatic rings. The van der Waals surface area contributed by atoms with Crippen LogP contribution in [0.3, 0.4) is 0 Å². The van der Waals surface area contributed by atoms with E-state index in [-0.39, 0.29) is 0 Å². The van der Waals surface area contributed by atoms with Crippen LogP contribution in [0.4, 0.5) is 0 Å². The maximum Gasteiger partial charge on any atom is 0.123 e. The number of thioether (sulfide) groups is 1. The van der Waals surface area contributed by atoms with Crippen molar-refractivity contribution in [2.24, 2.45) is 4.99 Å². The van der Waals surface area contributed by atoms with E-state index in [2.05, 4.69) is 59.6 Å². The number of benzene rings is 1. The predicted octanol–water partition coefficient (Wildman–Crippen LogP) is 3.16. The van der Waals surface area contributed by atoms with Gasteiger partial charge < -0.3 is 4.90 Å². The fraction of sp³-hybridized carbons (Fsp3) is 0.357. The zero-order chi connectivity index (χ0) is 12.1. The third-order valence-corrected chi connectivity index (χ3v) is 3.60. The predicted molar refractivity (Wildman–Crippen MR) is 76.8 cm³/mol. The van der Waals surface area contributed by atoms with Crippen LogP contribution in [-0.2, 0) is 0 Å². The Balaban J connectivity index is 2.06. The molecular weight excluding hydrogens is 228 g/mol. The van der Waals surface area contributed by atoms with E-state index >= 15 is 0 Å². The molecular formula is C14H18N2S. The summed E-state index contributed by atoms with van der Waals surface area (Å²) in [5.41, 5.74) is 1.23. The van der Waals surface area contributed by atoms with Gasteiger partial charge in [-0.3, -0.25) is 4.99 Å². The average Bonchev–Trinajstić information content (AvgIpc) is 2.38. The topological polar surface area (TPSA) is 15.6 Å². The summed E-state index contributed by atoms with van der Waals surface area (Å²) < 4.78 is 0. The standard InChI is InChI=1S/C14H18N2S/c1-16-11-3-10-15-14(16)9-6-12-4-7-13(17-2)8-5-12/h4-9H,3,10-11H2,1-2H3/b9-6-. The molecule has 1 aliphatic rings. The minimum atomic E-state index is 0.954. The summed E-state index contributed by atoms with van der Waals surface area (Å²) in [6, 6.07) is 8.59.